The van der Waals surface area contributed by atoms with Crippen LogP contribution in [0.4, 0.5) is 16.5 Å². The fourth-order valence-electron chi connectivity index (χ4n) is 4.09. The van der Waals surface area contributed by atoms with Gasteiger partial charge in [-0.1, -0.05) is 47.7 Å². The molecule has 6 nitrogen and oxygen atoms in total. The molecule has 2 aromatic carbocycles. The normalized spacial score (nSPS) is 15.1. The molecule has 33 heavy (non-hydrogen) atoms. The van der Waals surface area contributed by atoms with Crippen molar-refractivity contribution in [3.8, 4) is 10.6 Å². The number of aromatic nitrogens is 3. The van der Waals surface area contributed by atoms with Gasteiger partial charge in [0.15, 0.2) is 0 Å². The van der Waals surface area contributed by atoms with Gasteiger partial charge in [0.05, 0.1) is 0 Å². The zero-order valence-electron chi connectivity index (χ0n) is 18.6. The van der Waals surface area contributed by atoms with Crippen LogP contribution in [0, 0.1) is 13.8 Å². The van der Waals surface area contributed by atoms with Crippen LogP contribution in [-0.2, 0) is 4.79 Å². The molecule has 0 radical (unpaired) electrons. The minimum Gasteiger partial charge on any atom is -0.360 e. The second-order valence-electron chi connectivity index (χ2n) is 8.11. The maximum Gasteiger partial charge on any atom is 0.210 e. The summed E-state index contributed by atoms with van der Waals surface area (Å²) in [5.74, 6) is 0. The molecule has 0 amide bonds. The Morgan fingerprint density at radius 2 is 1.88 bits per heavy atom. The molecule has 1 unspecified atom stereocenters. The van der Waals surface area contributed by atoms with E-state index in [1.54, 1.807) is 0 Å². The second kappa shape index (κ2) is 8.60. The van der Waals surface area contributed by atoms with Gasteiger partial charge in [-0.15, -0.1) is 10.2 Å². The first-order chi connectivity index (χ1) is 16.0. The Hall–Kier alpha value is -3.84. The molecule has 3 heterocycles. The van der Waals surface area contributed by atoms with Crippen LogP contribution in [0.2, 0.25) is 0 Å². The first-order valence-corrected chi connectivity index (χ1v) is 11.5. The minimum absolute atomic E-state index is 0.375. The lowest BCUT2D eigenvalue weighted by Gasteiger charge is -2.34. The van der Waals surface area contributed by atoms with Crippen molar-refractivity contribution in [3.63, 3.8) is 0 Å². The molecule has 2 aromatic heterocycles. The van der Waals surface area contributed by atoms with E-state index >= 15 is 0 Å². The van der Waals surface area contributed by atoms with Gasteiger partial charge in [0.2, 0.25) is 5.13 Å². The molecule has 0 saturated heterocycles. The van der Waals surface area contributed by atoms with Gasteiger partial charge < -0.3 is 15.0 Å². The van der Waals surface area contributed by atoms with E-state index in [4.69, 9.17) is 0 Å². The molecule has 7 heteroatoms. The molecule has 0 bridgehead atoms. The predicted octanol–water partition coefficient (Wildman–Crippen LogP) is 5.52. The lowest BCUT2D eigenvalue weighted by Crippen LogP contribution is -2.36. The van der Waals surface area contributed by atoms with Crippen LogP contribution in [0.1, 0.15) is 22.4 Å². The number of hydrogen-bond acceptors (Lipinski definition) is 7. The third-order valence-electron chi connectivity index (χ3n) is 5.85. The van der Waals surface area contributed by atoms with Gasteiger partial charge in [0.25, 0.3) is 0 Å². The number of carbonyl (C=O) groups excluding carboxylic acids is 1. The SMILES string of the molecule is Cc1cc2c(cn1)C=C(c1cc(Nc3nnc(-c4ccccc4)s3)ccc1C)C(C=O)N2C. The summed E-state index contributed by atoms with van der Waals surface area (Å²) in [5, 5.41) is 13.6. The lowest BCUT2D eigenvalue weighted by molar-refractivity contribution is -0.107. The van der Waals surface area contributed by atoms with Gasteiger partial charge >= 0.3 is 0 Å². The Labute approximate surface area is 196 Å². The molecule has 0 spiro atoms. The van der Waals surface area contributed by atoms with Gasteiger partial charge in [0.1, 0.15) is 17.3 Å². The number of hydrogen-bond donors (Lipinski definition) is 1. The summed E-state index contributed by atoms with van der Waals surface area (Å²) in [7, 11) is 1.95. The topological polar surface area (TPSA) is 71.0 Å². The predicted molar refractivity (Wildman–Crippen MR) is 135 cm³/mol. The van der Waals surface area contributed by atoms with E-state index in [0.717, 1.165) is 61.3 Å². The molecule has 0 aliphatic carbocycles. The Morgan fingerprint density at radius 3 is 2.67 bits per heavy atom. The van der Waals surface area contributed by atoms with Crippen LogP contribution in [0.3, 0.4) is 0 Å². The number of nitrogens with one attached hydrogen (secondary N) is 1. The molecular formula is C26H23N5OS. The van der Waals surface area contributed by atoms with Gasteiger partial charge in [0, 0.05) is 41.4 Å². The molecular weight excluding hydrogens is 430 g/mol. The monoisotopic (exact) mass is 453 g/mol. The van der Waals surface area contributed by atoms with E-state index in [0.29, 0.717) is 0 Å². The summed E-state index contributed by atoms with van der Waals surface area (Å²) in [6.45, 7) is 4.02. The van der Waals surface area contributed by atoms with Crippen LogP contribution in [0.15, 0.2) is 60.8 Å². The lowest BCUT2D eigenvalue weighted by atomic mass is 9.89. The largest absolute Gasteiger partial charge is 0.360 e. The van der Waals surface area contributed by atoms with E-state index in [2.05, 4.69) is 45.6 Å². The second-order valence-corrected chi connectivity index (χ2v) is 9.09. The summed E-state index contributed by atoms with van der Waals surface area (Å²) < 4.78 is 0. The van der Waals surface area contributed by atoms with Crippen molar-refractivity contribution in [2.45, 2.75) is 19.9 Å². The van der Waals surface area contributed by atoms with Crippen molar-refractivity contribution >= 4 is 45.8 Å². The van der Waals surface area contributed by atoms with Crippen molar-refractivity contribution < 1.29 is 4.79 Å². The molecule has 5 rings (SSSR count). The van der Waals surface area contributed by atoms with E-state index in [9.17, 15) is 4.79 Å². The highest BCUT2D eigenvalue weighted by atomic mass is 32.1. The average Bonchev–Trinajstić information content (AvgIpc) is 3.30. The number of pyridine rings is 1. The number of nitrogens with zero attached hydrogens (tertiary/aromatic N) is 4. The first-order valence-electron chi connectivity index (χ1n) is 10.7. The first kappa shape index (κ1) is 21.0. The van der Waals surface area contributed by atoms with Crippen molar-refractivity contribution in [2.24, 2.45) is 0 Å². The highest BCUT2D eigenvalue weighted by Gasteiger charge is 2.28. The number of benzene rings is 2. The fraction of sp³-hybridized carbons (Fsp3) is 0.154. The van der Waals surface area contributed by atoms with Gasteiger partial charge in [-0.05, 0) is 54.8 Å². The van der Waals surface area contributed by atoms with Crippen LogP contribution in [0.5, 0.6) is 0 Å². The molecule has 1 N–H and O–H groups in total. The summed E-state index contributed by atoms with van der Waals surface area (Å²) in [4.78, 5) is 18.6. The summed E-state index contributed by atoms with van der Waals surface area (Å²) in [6, 6.07) is 17.8. The molecule has 164 valence electrons. The maximum atomic E-state index is 12.1. The van der Waals surface area contributed by atoms with Crippen LogP contribution >= 0.6 is 11.3 Å². The average molecular weight is 454 g/mol. The van der Waals surface area contributed by atoms with Gasteiger partial charge in [-0.25, -0.2) is 0 Å². The minimum atomic E-state index is -0.375. The fourth-order valence-corrected chi connectivity index (χ4v) is 4.86. The standard InChI is InChI=1S/C26H23N5OS/c1-16-9-10-20(28-26-30-29-25(33-26)18-7-5-4-6-8-18)13-21(16)22-12-19-14-27-17(2)11-23(19)31(3)24(22)15-32/h4-15,24H,1-3H3,(H,28,30). The van der Waals surface area contributed by atoms with Crippen molar-refractivity contribution in [1.82, 2.24) is 15.2 Å². The van der Waals surface area contributed by atoms with Crippen LogP contribution < -0.4 is 10.2 Å². The molecule has 1 atom stereocenters. The highest BCUT2D eigenvalue weighted by Crippen LogP contribution is 2.38. The molecule has 4 aromatic rings. The Balaban J connectivity index is 1.49. The van der Waals surface area contributed by atoms with Crippen molar-refractivity contribution in [1.29, 1.82) is 0 Å². The van der Waals surface area contributed by atoms with E-state index in [1.165, 1.54) is 11.3 Å². The quantitative estimate of drug-likeness (QED) is 0.401. The van der Waals surface area contributed by atoms with Crippen LogP contribution in [0.25, 0.3) is 22.2 Å². The third-order valence-corrected chi connectivity index (χ3v) is 6.74. The molecule has 1 aliphatic rings. The number of anilines is 3. The molecule has 0 fully saturated rings. The summed E-state index contributed by atoms with van der Waals surface area (Å²) in [6.07, 6.45) is 4.94. The zero-order valence-corrected chi connectivity index (χ0v) is 19.4. The summed E-state index contributed by atoms with van der Waals surface area (Å²) >= 11 is 1.50. The number of carbonyl (C=O) groups is 1. The third kappa shape index (κ3) is 4.03. The van der Waals surface area contributed by atoms with E-state index in [-0.39, 0.29) is 6.04 Å². The Bertz CT molecular complexity index is 1360. The Kier molecular flexibility index (Phi) is 5.48. The number of aldehydes is 1. The Morgan fingerprint density at radius 1 is 1.06 bits per heavy atom. The highest BCUT2D eigenvalue weighted by molar-refractivity contribution is 7.18. The van der Waals surface area contributed by atoms with E-state index in [1.807, 2.05) is 67.5 Å². The number of fused-ring (bicyclic) bond motifs is 1. The molecule has 0 saturated carbocycles. The number of rotatable bonds is 5. The summed E-state index contributed by atoms with van der Waals surface area (Å²) in [5.41, 5.74) is 7.95. The number of aryl methyl sites for hydroxylation is 2. The smallest absolute Gasteiger partial charge is 0.210 e. The maximum absolute atomic E-state index is 12.1. The van der Waals surface area contributed by atoms with Crippen LogP contribution in [-0.4, -0.2) is 34.6 Å². The van der Waals surface area contributed by atoms with Gasteiger partial charge in [-0.3, -0.25) is 4.98 Å². The van der Waals surface area contributed by atoms with Gasteiger partial charge in [-0.2, -0.15) is 0 Å². The molecule has 1 aliphatic heterocycles. The zero-order chi connectivity index (χ0) is 22.9. The van der Waals surface area contributed by atoms with Crippen molar-refractivity contribution in [2.75, 3.05) is 17.3 Å². The van der Waals surface area contributed by atoms with Crippen molar-refractivity contribution in [3.05, 3.63) is 83.2 Å². The van der Waals surface area contributed by atoms with E-state index < -0.39 is 0 Å². The number of likely N-dealkylation sites (N-methyl/N-ethyl adjacent to an activating group) is 1.